The van der Waals surface area contributed by atoms with Crippen LogP contribution >= 0.6 is 0 Å². The van der Waals surface area contributed by atoms with Gasteiger partial charge in [-0.2, -0.15) is 5.10 Å². The number of amides is 1. The summed E-state index contributed by atoms with van der Waals surface area (Å²) in [7, 11) is 0. The molecule has 3 aromatic rings. The molecule has 1 atom stereocenters. The van der Waals surface area contributed by atoms with Gasteiger partial charge in [0, 0.05) is 17.4 Å². The zero-order valence-electron chi connectivity index (χ0n) is 12.6. The van der Waals surface area contributed by atoms with Crippen molar-refractivity contribution in [3.05, 3.63) is 72.8 Å². The highest BCUT2D eigenvalue weighted by molar-refractivity contribution is 5.93. The van der Waals surface area contributed by atoms with Gasteiger partial charge in [0.25, 0.3) is 0 Å². The van der Waals surface area contributed by atoms with E-state index in [4.69, 9.17) is 0 Å². The lowest BCUT2D eigenvalue weighted by atomic mass is 10.1. The lowest BCUT2D eigenvalue weighted by molar-refractivity contribution is -0.119. The van der Waals surface area contributed by atoms with Crippen LogP contribution in [0.4, 0.5) is 10.1 Å². The number of hydrogen-bond acceptors (Lipinski definition) is 2. The number of carbonyl (C=O) groups excluding carboxylic acids is 1. The average molecular weight is 309 g/mol. The van der Waals surface area contributed by atoms with Crippen LogP contribution in [0, 0.1) is 5.82 Å². The quantitative estimate of drug-likeness (QED) is 0.795. The maximum atomic E-state index is 12.9. The molecule has 1 amide bonds. The number of nitrogens with zero attached hydrogens (tertiary/aromatic N) is 2. The summed E-state index contributed by atoms with van der Waals surface area (Å²) >= 11 is 0. The van der Waals surface area contributed by atoms with Crippen molar-refractivity contribution in [1.29, 1.82) is 0 Å². The molecule has 3 rings (SSSR count). The van der Waals surface area contributed by atoms with Crippen LogP contribution in [-0.4, -0.2) is 15.7 Å². The van der Waals surface area contributed by atoms with E-state index in [1.165, 1.54) is 24.3 Å². The van der Waals surface area contributed by atoms with Crippen molar-refractivity contribution in [3.8, 4) is 11.1 Å². The summed E-state index contributed by atoms with van der Waals surface area (Å²) < 4.78 is 14.5. The summed E-state index contributed by atoms with van der Waals surface area (Å²) in [6, 6.07) is 15.0. The maximum absolute atomic E-state index is 12.9. The second kappa shape index (κ2) is 6.44. The Labute approximate surface area is 133 Å². The molecule has 0 bridgehead atoms. The number of nitrogens with one attached hydrogen (secondary N) is 1. The Morgan fingerprint density at radius 3 is 2.48 bits per heavy atom. The van der Waals surface area contributed by atoms with Crippen molar-refractivity contribution < 1.29 is 9.18 Å². The molecule has 1 N–H and O–H groups in total. The fourth-order valence-corrected chi connectivity index (χ4v) is 2.23. The van der Waals surface area contributed by atoms with Gasteiger partial charge in [-0.15, -0.1) is 0 Å². The number of rotatable bonds is 4. The van der Waals surface area contributed by atoms with Crippen molar-refractivity contribution in [2.75, 3.05) is 5.32 Å². The Balaban J connectivity index is 1.72. The van der Waals surface area contributed by atoms with E-state index < -0.39 is 6.04 Å². The van der Waals surface area contributed by atoms with E-state index in [1.54, 1.807) is 17.8 Å². The standard InChI is InChI=1S/C18H16FN3O/c1-13(18(23)21-17-9-7-16(19)8-10-17)22-12-15(11-20-22)14-5-3-2-4-6-14/h2-13H,1H3,(H,21,23). The summed E-state index contributed by atoms with van der Waals surface area (Å²) in [6.45, 7) is 1.76. The van der Waals surface area contributed by atoms with Gasteiger partial charge in [-0.1, -0.05) is 30.3 Å². The van der Waals surface area contributed by atoms with Crippen LogP contribution in [-0.2, 0) is 4.79 Å². The molecule has 0 spiro atoms. The summed E-state index contributed by atoms with van der Waals surface area (Å²) in [5.41, 5.74) is 2.55. The van der Waals surface area contributed by atoms with Crippen LogP contribution in [0.3, 0.4) is 0 Å². The van der Waals surface area contributed by atoms with Gasteiger partial charge >= 0.3 is 0 Å². The smallest absolute Gasteiger partial charge is 0.248 e. The molecule has 0 aliphatic rings. The highest BCUT2D eigenvalue weighted by Crippen LogP contribution is 2.20. The first-order chi connectivity index (χ1) is 11.1. The van der Waals surface area contributed by atoms with Gasteiger partial charge in [0.15, 0.2) is 0 Å². The van der Waals surface area contributed by atoms with Crippen LogP contribution in [0.5, 0.6) is 0 Å². The second-order valence-electron chi connectivity index (χ2n) is 5.25. The molecule has 116 valence electrons. The molecule has 1 aromatic heterocycles. The largest absolute Gasteiger partial charge is 0.324 e. The lowest BCUT2D eigenvalue weighted by Crippen LogP contribution is -2.23. The van der Waals surface area contributed by atoms with Gasteiger partial charge in [0.2, 0.25) is 5.91 Å². The molecule has 1 unspecified atom stereocenters. The first kappa shape index (κ1) is 15.0. The molecule has 0 aliphatic heterocycles. The van der Waals surface area contributed by atoms with Crippen LogP contribution in [0.1, 0.15) is 13.0 Å². The van der Waals surface area contributed by atoms with E-state index in [2.05, 4.69) is 10.4 Å². The second-order valence-corrected chi connectivity index (χ2v) is 5.25. The molecule has 0 aliphatic carbocycles. The van der Waals surface area contributed by atoms with E-state index >= 15 is 0 Å². The monoisotopic (exact) mass is 309 g/mol. The Hall–Kier alpha value is -2.95. The predicted octanol–water partition coefficient (Wildman–Crippen LogP) is 3.89. The first-order valence-electron chi connectivity index (χ1n) is 7.29. The number of anilines is 1. The lowest BCUT2D eigenvalue weighted by Gasteiger charge is -2.12. The number of carbonyl (C=O) groups is 1. The zero-order valence-corrected chi connectivity index (χ0v) is 12.6. The highest BCUT2D eigenvalue weighted by atomic mass is 19.1. The minimum absolute atomic E-state index is 0.209. The van der Waals surface area contributed by atoms with Crippen LogP contribution in [0.2, 0.25) is 0 Å². The summed E-state index contributed by atoms with van der Waals surface area (Å²) in [4.78, 5) is 12.3. The SMILES string of the molecule is CC(C(=O)Nc1ccc(F)cc1)n1cc(-c2ccccc2)cn1. The molecule has 1 heterocycles. The normalized spacial score (nSPS) is 11.9. The zero-order chi connectivity index (χ0) is 16.2. The van der Waals surface area contributed by atoms with Crippen LogP contribution in [0.25, 0.3) is 11.1 Å². The predicted molar refractivity (Wildman–Crippen MR) is 87.4 cm³/mol. The number of benzene rings is 2. The third-order valence-corrected chi connectivity index (χ3v) is 3.60. The molecule has 0 fully saturated rings. The third-order valence-electron chi connectivity index (χ3n) is 3.60. The van der Waals surface area contributed by atoms with Gasteiger partial charge in [-0.05, 0) is 36.8 Å². The van der Waals surface area contributed by atoms with E-state index in [9.17, 15) is 9.18 Å². The fourth-order valence-electron chi connectivity index (χ4n) is 2.23. The molecular weight excluding hydrogens is 293 g/mol. The van der Waals surface area contributed by atoms with E-state index in [1.807, 2.05) is 36.5 Å². The van der Waals surface area contributed by atoms with E-state index in [-0.39, 0.29) is 11.7 Å². The average Bonchev–Trinajstić information content (AvgIpc) is 3.07. The Morgan fingerprint density at radius 2 is 1.78 bits per heavy atom. The first-order valence-corrected chi connectivity index (χ1v) is 7.29. The molecular formula is C18H16FN3O. The fraction of sp³-hybridized carbons (Fsp3) is 0.111. The number of hydrogen-bond donors (Lipinski definition) is 1. The summed E-state index contributed by atoms with van der Waals surface area (Å²) in [5, 5.41) is 7.02. The Kier molecular flexibility index (Phi) is 4.19. The topological polar surface area (TPSA) is 46.9 Å². The molecule has 0 saturated carbocycles. The summed E-state index contributed by atoms with van der Waals surface area (Å²) in [6.07, 6.45) is 3.57. The van der Waals surface area contributed by atoms with E-state index in [0.29, 0.717) is 5.69 Å². The molecule has 23 heavy (non-hydrogen) atoms. The maximum Gasteiger partial charge on any atom is 0.248 e. The van der Waals surface area contributed by atoms with Crippen LogP contribution in [0.15, 0.2) is 67.0 Å². The Bertz CT molecular complexity index is 797. The van der Waals surface area contributed by atoms with Crippen molar-refractivity contribution in [2.24, 2.45) is 0 Å². The van der Waals surface area contributed by atoms with Crippen LogP contribution < -0.4 is 5.32 Å². The van der Waals surface area contributed by atoms with Gasteiger partial charge in [-0.25, -0.2) is 4.39 Å². The third kappa shape index (κ3) is 3.45. The van der Waals surface area contributed by atoms with Gasteiger partial charge in [-0.3, -0.25) is 9.48 Å². The number of aromatic nitrogens is 2. The molecule has 0 saturated heterocycles. The minimum atomic E-state index is -0.475. The number of halogens is 1. The molecule has 4 nitrogen and oxygen atoms in total. The van der Waals surface area contributed by atoms with Gasteiger partial charge < -0.3 is 5.32 Å². The molecule has 2 aromatic carbocycles. The van der Waals surface area contributed by atoms with Crippen molar-refractivity contribution in [1.82, 2.24) is 9.78 Å². The summed E-state index contributed by atoms with van der Waals surface area (Å²) in [5.74, 6) is -0.546. The van der Waals surface area contributed by atoms with Crippen molar-refractivity contribution in [3.63, 3.8) is 0 Å². The van der Waals surface area contributed by atoms with Gasteiger partial charge in [0.1, 0.15) is 11.9 Å². The molecule has 5 heteroatoms. The Morgan fingerprint density at radius 1 is 1.09 bits per heavy atom. The van der Waals surface area contributed by atoms with Crippen molar-refractivity contribution >= 4 is 11.6 Å². The molecule has 0 radical (unpaired) electrons. The minimum Gasteiger partial charge on any atom is -0.324 e. The highest BCUT2D eigenvalue weighted by Gasteiger charge is 2.16. The van der Waals surface area contributed by atoms with Crippen molar-refractivity contribution in [2.45, 2.75) is 13.0 Å². The van der Waals surface area contributed by atoms with Gasteiger partial charge in [0.05, 0.1) is 6.20 Å². The van der Waals surface area contributed by atoms with E-state index in [0.717, 1.165) is 11.1 Å².